The third-order valence-electron chi connectivity index (χ3n) is 4.54. The maximum Gasteiger partial charge on any atom is 0.339 e. The predicted molar refractivity (Wildman–Crippen MR) is 97.3 cm³/mol. The monoisotopic (exact) mass is 341 g/mol. The average Bonchev–Trinajstić information content (AvgIpc) is 2.64. The Morgan fingerprint density at radius 2 is 1.88 bits per heavy atom. The molecule has 0 atom stereocenters. The SMILES string of the molecule is COC(=O)c1ccc(=O)n(Cc2cccc(N3CCN(C)CC3)c2)c1. The zero-order valence-electron chi connectivity index (χ0n) is 14.6. The van der Waals surface area contributed by atoms with E-state index in [2.05, 4.69) is 29.0 Å². The summed E-state index contributed by atoms with van der Waals surface area (Å²) in [6.45, 7) is 4.51. The van der Waals surface area contributed by atoms with Crippen LogP contribution in [0.4, 0.5) is 5.69 Å². The van der Waals surface area contributed by atoms with Gasteiger partial charge in [0.25, 0.3) is 5.56 Å². The molecule has 0 bridgehead atoms. The van der Waals surface area contributed by atoms with Gasteiger partial charge >= 0.3 is 5.97 Å². The van der Waals surface area contributed by atoms with Crippen LogP contribution in [0.1, 0.15) is 15.9 Å². The van der Waals surface area contributed by atoms with Gasteiger partial charge in [-0.05, 0) is 30.8 Å². The second kappa shape index (κ2) is 7.53. The van der Waals surface area contributed by atoms with Crippen LogP contribution in [-0.4, -0.2) is 55.8 Å². The number of anilines is 1. The lowest BCUT2D eigenvalue weighted by Crippen LogP contribution is -2.44. The molecule has 0 radical (unpaired) electrons. The Labute approximate surface area is 147 Å². The highest BCUT2D eigenvalue weighted by Gasteiger charge is 2.14. The maximum absolute atomic E-state index is 12.1. The first-order chi connectivity index (χ1) is 12.1. The van der Waals surface area contributed by atoms with Crippen LogP contribution in [0, 0.1) is 0 Å². The summed E-state index contributed by atoms with van der Waals surface area (Å²) in [7, 11) is 3.46. The molecule has 1 aromatic heterocycles. The van der Waals surface area contributed by atoms with Gasteiger partial charge in [-0.2, -0.15) is 0 Å². The Morgan fingerprint density at radius 3 is 2.60 bits per heavy atom. The summed E-state index contributed by atoms with van der Waals surface area (Å²) >= 11 is 0. The third-order valence-corrected chi connectivity index (χ3v) is 4.54. The second-order valence-electron chi connectivity index (χ2n) is 6.34. The van der Waals surface area contributed by atoms with Gasteiger partial charge in [-0.3, -0.25) is 4.79 Å². The van der Waals surface area contributed by atoms with Crippen LogP contribution in [0.2, 0.25) is 0 Å². The number of rotatable bonds is 4. The van der Waals surface area contributed by atoms with E-state index in [0.717, 1.165) is 31.7 Å². The Kier molecular flexibility index (Phi) is 5.19. The van der Waals surface area contributed by atoms with Crippen LogP contribution < -0.4 is 10.5 Å². The van der Waals surface area contributed by atoms with Crippen LogP contribution in [0.15, 0.2) is 47.4 Å². The number of nitrogens with zero attached hydrogens (tertiary/aromatic N) is 3. The van der Waals surface area contributed by atoms with E-state index >= 15 is 0 Å². The summed E-state index contributed by atoms with van der Waals surface area (Å²) in [4.78, 5) is 28.4. The van der Waals surface area contributed by atoms with E-state index in [-0.39, 0.29) is 5.56 Å². The molecule has 2 aromatic rings. The predicted octanol–water partition coefficient (Wildman–Crippen LogP) is 1.43. The molecule has 132 valence electrons. The summed E-state index contributed by atoms with van der Waals surface area (Å²) in [5.41, 5.74) is 2.43. The van der Waals surface area contributed by atoms with Crippen LogP contribution in [0.25, 0.3) is 0 Å². The van der Waals surface area contributed by atoms with E-state index in [1.807, 2.05) is 12.1 Å². The van der Waals surface area contributed by atoms with Gasteiger partial charge in [0.05, 0.1) is 19.2 Å². The minimum Gasteiger partial charge on any atom is -0.465 e. The normalized spacial score (nSPS) is 15.2. The van der Waals surface area contributed by atoms with E-state index in [1.165, 1.54) is 29.5 Å². The largest absolute Gasteiger partial charge is 0.465 e. The smallest absolute Gasteiger partial charge is 0.339 e. The minimum absolute atomic E-state index is 0.141. The Morgan fingerprint density at radius 1 is 1.12 bits per heavy atom. The number of hydrogen-bond donors (Lipinski definition) is 0. The van der Waals surface area contributed by atoms with Crippen LogP contribution in [-0.2, 0) is 11.3 Å². The Bertz CT molecular complexity index is 808. The molecular weight excluding hydrogens is 318 g/mol. The molecule has 1 fully saturated rings. The van der Waals surface area contributed by atoms with Crippen molar-refractivity contribution in [1.29, 1.82) is 0 Å². The van der Waals surface area contributed by atoms with Gasteiger partial charge in [0, 0.05) is 44.1 Å². The molecule has 0 aliphatic carbocycles. The number of hydrogen-bond acceptors (Lipinski definition) is 5. The van der Waals surface area contributed by atoms with E-state index < -0.39 is 5.97 Å². The summed E-state index contributed by atoms with van der Waals surface area (Å²) in [5, 5.41) is 0. The zero-order valence-corrected chi connectivity index (χ0v) is 14.6. The van der Waals surface area contributed by atoms with E-state index in [4.69, 9.17) is 4.74 Å². The van der Waals surface area contributed by atoms with Crippen LogP contribution in [0.5, 0.6) is 0 Å². The molecule has 1 aliphatic rings. The van der Waals surface area contributed by atoms with Crippen molar-refractivity contribution in [3.8, 4) is 0 Å². The summed E-state index contributed by atoms with van der Waals surface area (Å²) in [6.07, 6.45) is 1.55. The highest BCUT2D eigenvalue weighted by molar-refractivity contribution is 5.88. The molecular formula is C19H23N3O3. The lowest BCUT2D eigenvalue weighted by molar-refractivity contribution is 0.0599. The number of carbonyl (C=O) groups is 1. The maximum atomic E-state index is 12.1. The van der Waals surface area contributed by atoms with Gasteiger partial charge in [-0.15, -0.1) is 0 Å². The molecule has 2 heterocycles. The molecule has 3 rings (SSSR count). The minimum atomic E-state index is -0.445. The topological polar surface area (TPSA) is 54.8 Å². The summed E-state index contributed by atoms with van der Waals surface area (Å²) < 4.78 is 6.26. The van der Waals surface area contributed by atoms with Crippen molar-refractivity contribution in [2.45, 2.75) is 6.54 Å². The molecule has 1 aromatic carbocycles. The molecule has 1 saturated heterocycles. The number of carbonyl (C=O) groups excluding carboxylic acids is 1. The summed E-state index contributed by atoms with van der Waals surface area (Å²) in [6, 6.07) is 11.1. The van der Waals surface area contributed by atoms with Crippen LogP contribution >= 0.6 is 0 Å². The molecule has 0 N–H and O–H groups in total. The van der Waals surface area contributed by atoms with Crippen molar-refractivity contribution in [3.05, 3.63) is 64.1 Å². The summed E-state index contributed by atoms with van der Waals surface area (Å²) in [5.74, 6) is -0.445. The van der Waals surface area contributed by atoms with Crippen molar-refractivity contribution in [1.82, 2.24) is 9.47 Å². The number of benzene rings is 1. The average molecular weight is 341 g/mol. The fraction of sp³-hybridized carbons (Fsp3) is 0.368. The number of piperazine rings is 1. The third kappa shape index (κ3) is 4.09. The van der Waals surface area contributed by atoms with E-state index in [0.29, 0.717) is 12.1 Å². The first-order valence-corrected chi connectivity index (χ1v) is 8.38. The Hall–Kier alpha value is -2.60. The second-order valence-corrected chi connectivity index (χ2v) is 6.34. The van der Waals surface area contributed by atoms with Crippen LogP contribution in [0.3, 0.4) is 0 Å². The molecule has 25 heavy (non-hydrogen) atoms. The van der Waals surface area contributed by atoms with Crippen molar-refractivity contribution >= 4 is 11.7 Å². The molecule has 0 spiro atoms. The lowest BCUT2D eigenvalue weighted by Gasteiger charge is -2.34. The fourth-order valence-corrected chi connectivity index (χ4v) is 3.01. The fourth-order valence-electron chi connectivity index (χ4n) is 3.01. The van der Waals surface area contributed by atoms with Crippen molar-refractivity contribution in [2.75, 3.05) is 45.2 Å². The zero-order chi connectivity index (χ0) is 17.8. The number of methoxy groups -OCH3 is 1. The van der Waals surface area contributed by atoms with Gasteiger partial charge in [0.2, 0.25) is 0 Å². The van der Waals surface area contributed by atoms with Gasteiger partial charge in [0.1, 0.15) is 0 Å². The Balaban J connectivity index is 1.80. The highest BCUT2D eigenvalue weighted by Crippen LogP contribution is 2.18. The van der Waals surface area contributed by atoms with Gasteiger partial charge < -0.3 is 19.1 Å². The van der Waals surface area contributed by atoms with E-state index in [1.54, 1.807) is 6.20 Å². The number of pyridine rings is 1. The molecule has 0 amide bonds. The number of ether oxygens (including phenoxy) is 1. The van der Waals surface area contributed by atoms with Crippen molar-refractivity contribution < 1.29 is 9.53 Å². The van der Waals surface area contributed by atoms with Gasteiger partial charge in [-0.1, -0.05) is 12.1 Å². The van der Waals surface area contributed by atoms with Gasteiger partial charge in [-0.25, -0.2) is 4.79 Å². The highest BCUT2D eigenvalue weighted by atomic mass is 16.5. The molecule has 6 heteroatoms. The first kappa shape index (κ1) is 17.2. The first-order valence-electron chi connectivity index (χ1n) is 8.38. The standard InChI is InChI=1S/C19H23N3O3/c1-20-8-10-21(11-9-20)17-5-3-4-15(12-17)13-22-14-16(19(24)25-2)6-7-18(22)23/h3-7,12,14H,8-11,13H2,1-2H3. The van der Waals surface area contributed by atoms with Crippen molar-refractivity contribution in [3.63, 3.8) is 0 Å². The molecule has 0 saturated carbocycles. The lowest BCUT2D eigenvalue weighted by atomic mass is 10.1. The molecule has 6 nitrogen and oxygen atoms in total. The quantitative estimate of drug-likeness (QED) is 0.788. The molecule has 0 unspecified atom stereocenters. The van der Waals surface area contributed by atoms with Crippen molar-refractivity contribution in [2.24, 2.45) is 0 Å². The number of esters is 1. The molecule has 1 aliphatic heterocycles. The van der Waals surface area contributed by atoms with Gasteiger partial charge in [0.15, 0.2) is 0 Å². The number of aromatic nitrogens is 1. The van der Waals surface area contributed by atoms with E-state index in [9.17, 15) is 9.59 Å². The number of likely N-dealkylation sites (N-methyl/N-ethyl adjacent to an activating group) is 1.